The maximum atomic E-state index is 9.80. The third-order valence-electron chi connectivity index (χ3n) is 3.07. The fraction of sp³-hybridized carbons (Fsp3) is 0.0667. The van der Waals surface area contributed by atoms with Gasteiger partial charge in [-0.3, -0.25) is 0 Å². The first-order valence-electron chi connectivity index (χ1n) is 6.17. The monoisotopic (exact) mass is 346 g/mol. The van der Waals surface area contributed by atoms with Gasteiger partial charge in [0.15, 0.2) is 0 Å². The average molecular weight is 347 g/mol. The van der Waals surface area contributed by atoms with Crippen molar-refractivity contribution in [3.05, 3.63) is 46.4 Å². The van der Waals surface area contributed by atoms with Crippen molar-refractivity contribution in [2.24, 2.45) is 0 Å². The molecule has 0 spiro atoms. The van der Waals surface area contributed by atoms with Crippen LogP contribution in [0.2, 0.25) is 0 Å². The van der Waals surface area contributed by atoms with Crippen LogP contribution in [-0.2, 0) is 0 Å². The Bertz CT molecular complexity index is 814. The molecule has 3 aromatic rings. The first kappa shape index (κ1) is 13.6. The van der Waals surface area contributed by atoms with E-state index in [0.29, 0.717) is 11.4 Å². The van der Waals surface area contributed by atoms with E-state index >= 15 is 0 Å². The summed E-state index contributed by atoms with van der Waals surface area (Å²) in [5.74, 6) is 0.539. The van der Waals surface area contributed by atoms with Gasteiger partial charge < -0.3 is 14.7 Å². The van der Waals surface area contributed by atoms with Crippen molar-refractivity contribution in [1.29, 1.82) is 0 Å². The number of hydrogen-bond donors (Lipinski definition) is 2. The van der Waals surface area contributed by atoms with E-state index in [2.05, 4.69) is 26.1 Å². The van der Waals surface area contributed by atoms with Crippen molar-refractivity contribution in [3.8, 4) is 34.3 Å². The van der Waals surface area contributed by atoms with E-state index in [9.17, 15) is 10.2 Å². The number of phenolic OH excluding ortho intramolecular Hbond substituents is 2. The molecule has 2 N–H and O–H groups in total. The highest BCUT2D eigenvalue weighted by molar-refractivity contribution is 9.10. The minimum Gasteiger partial charge on any atom is -0.508 e. The van der Waals surface area contributed by atoms with Gasteiger partial charge in [-0.25, -0.2) is 0 Å². The molecule has 0 saturated carbocycles. The van der Waals surface area contributed by atoms with Crippen LogP contribution in [-0.4, -0.2) is 20.4 Å². The van der Waals surface area contributed by atoms with Gasteiger partial charge in [0.1, 0.15) is 11.5 Å². The number of nitrogens with zero attached hydrogens (tertiary/aromatic N) is 2. The van der Waals surface area contributed by atoms with Gasteiger partial charge in [-0.05, 0) is 36.8 Å². The summed E-state index contributed by atoms with van der Waals surface area (Å²) in [6, 6.07) is 9.85. The Balaban J connectivity index is 2.03. The lowest BCUT2D eigenvalue weighted by Gasteiger charge is -2.00. The second-order valence-corrected chi connectivity index (χ2v) is 5.44. The molecule has 5 nitrogen and oxygen atoms in total. The Morgan fingerprint density at radius 2 is 1.90 bits per heavy atom. The van der Waals surface area contributed by atoms with Crippen LogP contribution in [0.3, 0.4) is 0 Å². The Labute approximate surface area is 129 Å². The summed E-state index contributed by atoms with van der Waals surface area (Å²) in [5.41, 5.74) is 2.19. The number of benzene rings is 2. The highest BCUT2D eigenvalue weighted by Crippen LogP contribution is 2.32. The van der Waals surface area contributed by atoms with E-state index in [1.54, 1.807) is 0 Å². The average Bonchev–Trinajstić information content (AvgIpc) is 2.94. The fourth-order valence-corrected chi connectivity index (χ4v) is 2.26. The lowest BCUT2D eigenvalue weighted by molar-refractivity contribution is 0.423. The first-order valence-corrected chi connectivity index (χ1v) is 6.96. The lowest BCUT2D eigenvalue weighted by Crippen LogP contribution is -1.84. The predicted octanol–water partition coefficient (Wildman–Crippen LogP) is 3.89. The summed E-state index contributed by atoms with van der Waals surface area (Å²) < 4.78 is 6.11. The number of phenols is 2. The molecule has 0 unspecified atom stereocenters. The molecule has 0 fully saturated rings. The summed E-state index contributed by atoms with van der Waals surface area (Å²) in [6.07, 6.45) is 0. The molecule has 0 bridgehead atoms. The van der Waals surface area contributed by atoms with Gasteiger partial charge in [-0.2, -0.15) is 4.98 Å². The van der Waals surface area contributed by atoms with Gasteiger partial charge in [0.25, 0.3) is 5.89 Å². The zero-order valence-corrected chi connectivity index (χ0v) is 12.6. The molecule has 0 aliphatic carbocycles. The first-order chi connectivity index (χ1) is 10.0. The summed E-state index contributed by atoms with van der Waals surface area (Å²) in [4.78, 5) is 4.25. The van der Waals surface area contributed by atoms with Gasteiger partial charge in [-0.1, -0.05) is 33.2 Å². The number of aromatic hydroxyl groups is 2. The third-order valence-corrected chi connectivity index (χ3v) is 3.92. The van der Waals surface area contributed by atoms with Gasteiger partial charge in [0.2, 0.25) is 5.82 Å². The molecule has 3 rings (SSSR count). The lowest BCUT2D eigenvalue weighted by atomic mass is 10.1. The Morgan fingerprint density at radius 1 is 1.10 bits per heavy atom. The third kappa shape index (κ3) is 2.62. The van der Waals surface area contributed by atoms with Crippen molar-refractivity contribution in [1.82, 2.24) is 10.1 Å². The molecule has 106 valence electrons. The van der Waals surface area contributed by atoms with E-state index in [-0.39, 0.29) is 17.4 Å². The zero-order chi connectivity index (χ0) is 15.0. The molecule has 0 radical (unpaired) electrons. The van der Waals surface area contributed by atoms with E-state index in [1.165, 1.54) is 18.2 Å². The van der Waals surface area contributed by atoms with Gasteiger partial charge in [0.05, 0.1) is 5.56 Å². The molecule has 0 amide bonds. The van der Waals surface area contributed by atoms with Crippen molar-refractivity contribution >= 4 is 15.9 Å². The standard InChI is InChI=1S/C15H11BrN2O3/c1-8-2-3-9(6-12(8)16)14-17-15(21-18-14)11-7-10(19)4-5-13(11)20/h2-7,19-20H,1H3. The molecular formula is C15H11BrN2O3. The largest absolute Gasteiger partial charge is 0.508 e. The van der Waals surface area contributed by atoms with Crippen molar-refractivity contribution in [2.75, 3.05) is 0 Å². The van der Waals surface area contributed by atoms with E-state index in [4.69, 9.17) is 4.52 Å². The quantitative estimate of drug-likeness (QED) is 0.688. The Kier molecular flexibility index (Phi) is 3.39. The molecule has 6 heteroatoms. The molecular weight excluding hydrogens is 336 g/mol. The minimum absolute atomic E-state index is 0.0145. The number of hydrogen-bond acceptors (Lipinski definition) is 5. The Morgan fingerprint density at radius 3 is 2.67 bits per heavy atom. The second kappa shape index (κ2) is 5.21. The maximum absolute atomic E-state index is 9.80. The fourth-order valence-electron chi connectivity index (χ4n) is 1.88. The van der Waals surface area contributed by atoms with Crippen LogP contribution in [0.1, 0.15) is 5.56 Å². The van der Waals surface area contributed by atoms with Crippen molar-refractivity contribution in [3.63, 3.8) is 0 Å². The SMILES string of the molecule is Cc1ccc(-c2noc(-c3cc(O)ccc3O)n2)cc1Br. The van der Waals surface area contributed by atoms with Gasteiger partial charge in [-0.15, -0.1) is 0 Å². The summed E-state index contributed by atoms with van der Waals surface area (Å²) in [6.45, 7) is 1.99. The molecule has 1 aromatic heterocycles. The van der Waals surface area contributed by atoms with E-state index in [1.807, 2.05) is 25.1 Å². The molecule has 0 aliphatic rings. The van der Waals surface area contributed by atoms with E-state index < -0.39 is 0 Å². The Hall–Kier alpha value is -2.34. The topological polar surface area (TPSA) is 79.4 Å². The predicted molar refractivity (Wildman–Crippen MR) is 80.9 cm³/mol. The molecule has 21 heavy (non-hydrogen) atoms. The summed E-state index contributed by atoms with van der Waals surface area (Å²) in [5, 5.41) is 23.2. The zero-order valence-electron chi connectivity index (χ0n) is 11.0. The molecule has 0 saturated heterocycles. The molecule has 0 aliphatic heterocycles. The highest BCUT2D eigenvalue weighted by atomic mass is 79.9. The van der Waals surface area contributed by atoms with Gasteiger partial charge in [0, 0.05) is 10.0 Å². The normalized spacial score (nSPS) is 10.8. The molecule has 0 atom stereocenters. The van der Waals surface area contributed by atoms with Crippen LogP contribution < -0.4 is 0 Å². The molecule has 2 aromatic carbocycles. The number of aromatic nitrogens is 2. The van der Waals surface area contributed by atoms with E-state index in [0.717, 1.165) is 15.6 Å². The van der Waals surface area contributed by atoms with Crippen LogP contribution in [0, 0.1) is 6.92 Å². The van der Waals surface area contributed by atoms with Crippen LogP contribution in [0.25, 0.3) is 22.8 Å². The second-order valence-electron chi connectivity index (χ2n) is 4.59. The van der Waals surface area contributed by atoms with Crippen molar-refractivity contribution < 1.29 is 14.7 Å². The molecule has 1 heterocycles. The number of rotatable bonds is 2. The summed E-state index contributed by atoms with van der Waals surface area (Å²) >= 11 is 3.46. The van der Waals surface area contributed by atoms with Crippen LogP contribution in [0.4, 0.5) is 0 Å². The van der Waals surface area contributed by atoms with Crippen molar-refractivity contribution in [2.45, 2.75) is 6.92 Å². The number of aryl methyl sites for hydroxylation is 1. The summed E-state index contributed by atoms with van der Waals surface area (Å²) in [7, 11) is 0. The highest BCUT2D eigenvalue weighted by Gasteiger charge is 2.15. The maximum Gasteiger partial charge on any atom is 0.262 e. The van der Waals surface area contributed by atoms with Crippen LogP contribution >= 0.6 is 15.9 Å². The smallest absolute Gasteiger partial charge is 0.262 e. The van der Waals surface area contributed by atoms with Gasteiger partial charge >= 0.3 is 0 Å². The number of halogens is 1. The minimum atomic E-state index is -0.0342. The van der Waals surface area contributed by atoms with Crippen LogP contribution in [0.15, 0.2) is 45.4 Å². The van der Waals surface area contributed by atoms with Crippen LogP contribution in [0.5, 0.6) is 11.5 Å².